The van der Waals surface area contributed by atoms with Crippen molar-refractivity contribution < 1.29 is 13.9 Å². The van der Waals surface area contributed by atoms with Crippen molar-refractivity contribution in [2.45, 2.75) is 18.3 Å². The van der Waals surface area contributed by atoms with Crippen LogP contribution in [0.2, 0.25) is 0 Å². The fraction of sp³-hybridized carbons (Fsp3) is 0.211. The highest BCUT2D eigenvalue weighted by Gasteiger charge is 2.52. The summed E-state index contributed by atoms with van der Waals surface area (Å²) in [5, 5.41) is 0. The van der Waals surface area contributed by atoms with E-state index in [9.17, 15) is 9.18 Å². The van der Waals surface area contributed by atoms with Gasteiger partial charge in [0, 0.05) is 23.5 Å². The van der Waals surface area contributed by atoms with E-state index in [1.165, 1.54) is 25.6 Å². The Labute approximate surface area is 154 Å². The number of pyridine rings is 2. The Morgan fingerprint density at radius 2 is 2.00 bits per heavy atom. The first-order valence-electron chi connectivity index (χ1n) is 8.32. The van der Waals surface area contributed by atoms with Crippen LogP contribution in [0.1, 0.15) is 18.5 Å². The number of amides is 1. The van der Waals surface area contributed by atoms with Gasteiger partial charge in [-0.3, -0.25) is 19.7 Å². The summed E-state index contributed by atoms with van der Waals surface area (Å²) in [6.07, 6.45) is 8.47. The van der Waals surface area contributed by atoms with E-state index < -0.39 is 17.1 Å². The molecule has 1 saturated carbocycles. The van der Waals surface area contributed by atoms with E-state index in [2.05, 4.69) is 19.9 Å². The summed E-state index contributed by atoms with van der Waals surface area (Å²) in [5.74, 6) is -0.432. The van der Waals surface area contributed by atoms with Gasteiger partial charge in [-0.15, -0.1) is 0 Å². The Balaban J connectivity index is 1.94. The van der Waals surface area contributed by atoms with Crippen molar-refractivity contribution in [3.05, 3.63) is 54.6 Å². The van der Waals surface area contributed by atoms with Crippen LogP contribution in [-0.4, -0.2) is 33.0 Å². The molecule has 2 N–H and O–H groups in total. The van der Waals surface area contributed by atoms with Crippen LogP contribution in [0.15, 0.2) is 43.1 Å². The Bertz CT molecular complexity index is 1040. The minimum atomic E-state index is -0.802. The quantitative estimate of drug-likeness (QED) is 0.744. The number of carbonyl (C=O) groups is 1. The predicted molar refractivity (Wildman–Crippen MR) is 95.1 cm³/mol. The molecule has 1 aliphatic rings. The lowest BCUT2D eigenvalue weighted by molar-refractivity contribution is -0.120. The normalized spacial score (nSPS) is 14.6. The van der Waals surface area contributed by atoms with E-state index in [1.807, 2.05) is 0 Å². The zero-order chi connectivity index (χ0) is 19.0. The molecule has 0 aromatic carbocycles. The molecule has 1 amide bonds. The van der Waals surface area contributed by atoms with Gasteiger partial charge in [0.05, 0.1) is 48.2 Å². The van der Waals surface area contributed by atoms with E-state index in [-0.39, 0.29) is 5.56 Å². The van der Waals surface area contributed by atoms with Crippen molar-refractivity contribution in [2.75, 3.05) is 7.11 Å². The molecule has 3 aromatic heterocycles. The average Bonchev–Trinajstić information content (AvgIpc) is 3.50. The molecule has 7 nitrogen and oxygen atoms in total. The highest BCUT2D eigenvalue weighted by molar-refractivity contribution is 5.89. The lowest BCUT2D eigenvalue weighted by Crippen LogP contribution is -2.29. The maximum Gasteiger partial charge on any atom is 0.229 e. The summed E-state index contributed by atoms with van der Waals surface area (Å²) in [4.78, 5) is 28.9. The zero-order valence-electron chi connectivity index (χ0n) is 14.5. The number of nitrogens with zero attached hydrogens (tertiary/aromatic N) is 4. The number of rotatable bonds is 5. The largest absolute Gasteiger partial charge is 0.495 e. The van der Waals surface area contributed by atoms with Gasteiger partial charge in [-0.2, -0.15) is 0 Å². The van der Waals surface area contributed by atoms with Crippen molar-refractivity contribution in [1.82, 2.24) is 19.9 Å². The van der Waals surface area contributed by atoms with Crippen LogP contribution in [0.4, 0.5) is 4.39 Å². The first-order valence-corrected chi connectivity index (χ1v) is 8.32. The molecule has 1 aliphatic carbocycles. The van der Waals surface area contributed by atoms with Gasteiger partial charge in [-0.05, 0) is 25.0 Å². The standard InChI is InChI=1S/C19H16FN5O2/c1-27-12-6-11(7-23-8-12)16-17(13-2-5-22-9-14(13)20)24-10-15(25-16)19(3-4-19)18(21)26/h2,5-10H,3-4H2,1H3,(H2,21,26). The van der Waals surface area contributed by atoms with Crippen molar-refractivity contribution in [3.63, 3.8) is 0 Å². The van der Waals surface area contributed by atoms with Gasteiger partial charge in [0.15, 0.2) is 5.82 Å². The molecule has 0 saturated heterocycles. The van der Waals surface area contributed by atoms with Crippen molar-refractivity contribution in [1.29, 1.82) is 0 Å². The van der Waals surface area contributed by atoms with Crippen LogP contribution in [0, 0.1) is 5.82 Å². The molecule has 0 aliphatic heterocycles. The summed E-state index contributed by atoms with van der Waals surface area (Å²) in [6.45, 7) is 0. The lowest BCUT2D eigenvalue weighted by Gasteiger charge is -2.15. The zero-order valence-corrected chi connectivity index (χ0v) is 14.5. The van der Waals surface area contributed by atoms with Crippen molar-refractivity contribution in [2.24, 2.45) is 5.73 Å². The number of hydrogen-bond donors (Lipinski definition) is 1. The molecule has 1 fully saturated rings. The minimum absolute atomic E-state index is 0.255. The second kappa shape index (κ2) is 6.39. The first-order chi connectivity index (χ1) is 13.0. The molecule has 0 bridgehead atoms. The summed E-state index contributed by atoms with van der Waals surface area (Å²) in [6, 6.07) is 3.25. The monoisotopic (exact) mass is 365 g/mol. The summed E-state index contributed by atoms with van der Waals surface area (Å²) in [7, 11) is 1.53. The SMILES string of the molecule is COc1cncc(-c2nc(C3(C(N)=O)CC3)cnc2-c2ccncc2F)c1. The Morgan fingerprint density at radius 1 is 1.19 bits per heavy atom. The number of primary amides is 1. The average molecular weight is 365 g/mol. The maximum atomic E-state index is 14.3. The topological polar surface area (TPSA) is 104 Å². The Hall–Kier alpha value is -3.42. The van der Waals surface area contributed by atoms with Gasteiger partial charge in [0.2, 0.25) is 5.91 Å². The highest BCUT2D eigenvalue weighted by Crippen LogP contribution is 2.47. The summed E-state index contributed by atoms with van der Waals surface area (Å²) < 4.78 is 19.6. The van der Waals surface area contributed by atoms with Gasteiger partial charge in [0.1, 0.15) is 5.75 Å². The maximum absolute atomic E-state index is 14.3. The molecule has 27 heavy (non-hydrogen) atoms. The predicted octanol–water partition coefficient (Wildman–Crippen LogP) is 2.27. The minimum Gasteiger partial charge on any atom is -0.495 e. The van der Waals surface area contributed by atoms with E-state index >= 15 is 0 Å². The number of nitrogens with two attached hydrogens (primary N) is 1. The lowest BCUT2D eigenvalue weighted by atomic mass is 10.00. The third-order valence-electron chi connectivity index (χ3n) is 4.73. The van der Waals surface area contributed by atoms with Crippen LogP contribution in [0.25, 0.3) is 22.5 Å². The molecule has 3 heterocycles. The number of hydrogen-bond acceptors (Lipinski definition) is 6. The molecule has 0 atom stereocenters. The highest BCUT2D eigenvalue weighted by atomic mass is 19.1. The van der Waals surface area contributed by atoms with Gasteiger partial charge in [0.25, 0.3) is 0 Å². The molecule has 0 radical (unpaired) electrons. The molecular formula is C19H16FN5O2. The van der Waals surface area contributed by atoms with Gasteiger partial charge >= 0.3 is 0 Å². The van der Waals surface area contributed by atoms with E-state index in [1.54, 1.807) is 18.5 Å². The Kier molecular flexibility index (Phi) is 4.02. The fourth-order valence-electron chi connectivity index (χ4n) is 3.00. The number of aromatic nitrogens is 4. The Morgan fingerprint density at radius 3 is 2.67 bits per heavy atom. The third kappa shape index (κ3) is 2.88. The molecule has 3 aromatic rings. The summed E-state index contributed by atoms with van der Waals surface area (Å²) in [5.41, 5.74) is 6.82. The molecule has 4 rings (SSSR count). The van der Waals surface area contributed by atoms with Gasteiger partial charge < -0.3 is 10.5 Å². The van der Waals surface area contributed by atoms with Crippen LogP contribution in [0.3, 0.4) is 0 Å². The number of carbonyl (C=O) groups excluding carboxylic acids is 1. The van der Waals surface area contributed by atoms with Crippen LogP contribution in [0.5, 0.6) is 5.75 Å². The van der Waals surface area contributed by atoms with Gasteiger partial charge in [-0.1, -0.05) is 0 Å². The van der Waals surface area contributed by atoms with Gasteiger partial charge in [-0.25, -0.2) is 9.37 Å². The molecular weight excluding hydrogens is 349 g/mol. The van der Waals surface area contributed by atoms with E-state index in [4.69, 9.17) is 10.5 Å². The van der Waals surface area contributed by atoms with Crippen molar-refractivity contribution >= 4 is 5.91 Å². The van der Waals surface area contributed by atoms with Crippen LogP contribution >= 0.6 is 0 Å². The fourth-order valence-corrected chi connectivity index (χ4v) is 3.00. The van der Waals surface area contributed by atoms with E-state index in [0.29, 0.717) is 41.2 Å². The first kappa shape index (κ1) is 17.0. The number of ether oxygens (including phenoxy) is 1. The molecule has 0 unspecified atom stereocenters. The summed E-state index contributed by atoms with van der Waals surface area (Å²) >= 11 is 0. The van der Waals surface area contributed by atoms with Crippen molar-refractivity contribution in [3.8, 4) is 28.3 Å². The van der Waals surface area contributed by atoms with E-state index in [0.717, 1.165) is 6.20 Å². The molecule has 8 heteroatoms. The smallest absolute Gasteiger partial charge is 0.229 e. The third-order valence-corrected chi connectivity index (χ3v) is 4.73. The number of halogens is 1. The van der Waals surface area contributed by atoms with Crippen LogP contribution < -0.4 is 10.5 Å². The molecule has 136 valence electrons. The number of methoxy groups -OCH3 is 1. The second-order valence-corrected chi connectivity index (χ2v) is 6.37. The molecule has 0 spiro atoms. The van der Waals surface area contributed by atoms with Crippen LogP contribution in [-0.2, 0) is 10.2 Å². The second-order valence-electron chi connectivity index (χ2n) is 6.37.